The monoisotopic (exact) mass is 898 g/mol. The molecule has 0 bridgehead atoms. The predicted molar refractivity (Wildman–Crippen MR) is 193 cm³/mol. The van der Waals surface area contributed by atoms with E-state index >= 15 is 0 Å². The molecule has 0 aliphatic carbocycles. The van der Waals surface area contributed by atoms with E-state index < -0.39 is 29.7 Å². The molecule has 4 rings (SSSR count). The van der Waals surface area contributed by atoms with Gasteiger partial charge in [-0.1, -0.05) is 41.4 Å². The average molecular weight is 899 g/mol. The number of amides is 1. The van der Waals surface area contributed by atoms with Gasteiger partial charge in [-0.2, -0.15) is 0 Å². The number of nitrogens with one attached hydrogen (secondary N) is 1. The number of halogens is 4. The second-order valence-corrected chi connectivity index (χ2v) is 14.1. The van der Waals surface area contributed by atoms with Crippen LogP contribution in [0.4, 0.5) is 16.2 Å². The van der Waals surface area contributed by atoms with Crippen LogP contribution in [0.25, 0.3) is 0 Å². The fourth-order valence-corrected chi connectivity index (χ4v) is 6.75. The number of carboxylic acid groups (broad SMARTS) is 1. The molecule has 3 aromatic carbocycles. The molecule has 0 saturated heterocycles. The zero-order valence-corrected chi connectivity index (χ0v) is 31.6. The first-order valence-electron chi connectivity index (χ1n) is 14.0. The largest absolute Gasteiger partial charge is 0.506 e. The van der Waals surface area contributed by atoms with Gasteiger partial charge in [0.25, 0.3) is 0 Å². The lowest BCUT2D eigenvalue weighted by Crippen LogP contribution is -2.50. The number of carboxylic acids is 1. The number of para-hydroxylation sites is 1. The minimum atomic E-state index is -1.07. The number of fused-ring (bicyclic) bond motifs is 1. The van der Waals surface area contributed by atoms with E-state index in [1.54, 1.807) is 57.2 Å². The Hall–Kier alpha value is -2.53. The van der Waals surface area contributed by atoms with Crippen LogP contribution in [0.1, 0.15) is 54.7 Å². The molecule has 1 heterocycles. The van der Waals surface area contributed by atoms with Gasteiger partial charge < -0.3 is 29.7 Å². The average Bonchev–Trinajstić information content (AvgIpc) is 2.99. The molecular formula is C32H34Cl2I2N2O8. The van der Waals surface area contributed by atoms with Crippen molar-refractivity contribution in [2.45, 2.75) is 59.2 Å². The van der Waals surface area contributed by atoms with E-state index in [2.05, 4.69) is 5.32 Å². The van der Waals surface area contributed by atoms with Crippen LogP contribution in [0.3, 0.4) is 0 Å². The number of anilines is 2. The van der Waals surface area contributed by atoms with E-state index in [0.717, 1.165) is 16.7 Å². The van der Waals surface area contributed by atoms with Crippen LogP contribution in [0.2, 0.25) is 10.0 Å². The molecule has 248 valence electrons. The molecule has 1 aliphatic heterocycles. The van der Waals surface area contributed by atoms with Gasteiger partial charge >= 0.3 is 18.0 Å². The molecule has 0 unspecified atom stereocenters. The summed E-state index contributed by atoms with van der Waals surface area (Å²) in [6.07, 6.45) is -0.472. The second kappa shape index (κ2) is 16.5. The predicted octanol–water partition coefficient (Wildman–Crippen LogP) is 8.54. The third-order valence-corrected chi connectivity index (χ3v) is 9.37. The number of rotatable bonds is 7. The zero-order chi connectivity index (χ0) is 34.3. The molecule has 14 heteroatoms. The Kier molecular flexibility index (Phi) is 13.6. The number of phenolic OH excluding ortho intramolecular Hbond substituents is 1. The summed E-state index contributed by atoms with van der Waals surface area (Å²) in [6, 6.07) is 11.4. The number of carbonyl (C=O) groups is 3. The number of aryl methyl sites for hydroxylation is 1. The molecular weight excluding hydrogens is 865 g/mol. The molecule has 3 aromatic rings. The number of esters is 1. The van der Waals surface area contributed by atoms with Crippen LogP contribution in [0, 0.1) is 14.1 Å². The van der Waals surface area contributed by atoms with Crippen molar-refractivity contribution in [1.29, 1.82) is 0 Å². The van der Waals surface area contributed by atoms with E-state index in [0.29, 0.717) is 40.7 Å². The molecule has 10 nitrogen and oxygen atoms in total. The minimum Gasteiger partial charge on any atom is -0.506 e. The van der Waals surface area contributed by atoms with Gasteiger partial charge in [0.2, 0.25) is 0 Å². The molecule has 1 atom stereocenters. The maximum absolute atomic E-state index is 12.4. The van der Waals surface area contributed by atoms with E-state index in [1.807, 2.05) is 65.1 Å². The number of phenols is 1. The maximum atomic E-state index is 12.4. The molecule has 0 radical (unpaired) electrons. The number of hydrogen-bond acceptors (Lipinski definition) is 8. The standard InChI is InChI=1S/C17H17Cl2NO3.C15H17I2NO5/c1-3-22-10-23-17(21)12-6-4-5-7-14(12)20-16-13(18)9-8-11(2)15(16)19;1-15(2,3)23-14(22)18-6-8-7(5-10(18)13(20)21)4-9(16)12(19)11(8)17/h4-9,20H,3,10H2,1-2H3;4,10,19H,5-6H2,1-3H3,(H,20,21)/t;10-/m.0/s1. The summed E-state index contributed by atoms with van der Waals surface area (Å²) < 4.78 is 16.7. The van der Waals surface area contributed by atoms with E-state index in [1.165, 1.54) is 4.90 Å². The van der Waals surface area contributed by atoms with Gasteiger partial charge in [0.05, 0.1) is 40.7 Å². The first-order valence-corrected chi connectivity index (χ1v) is 16.9. The van der Waals surface area contributed by atoms with Gasteiger partial charge in [-0.05, 0) is 121 Å². The summed E-state index contributed by atoms with van der Waals surface area (Å²) in [6.45, 7) is 9.39. The van der Waals surface area contributed by atoms with Crippen molar-refractivity contribution in [3.05, 3.63) is 81.9 Å². The van der Waals surface area contributed by atoms with Gasteiger partial charge in [0.1, 0.15) is 17.4 Å². The highest BCUT2D eigenvalue weighted by Gasteiger charge is 2.38. The van der Waals surface area contributed by atoms with Gasteiger partial charge in [-0.25, -0.2) is 14.4 Å². The lowest BCUT2D eigenvalue weighted by atomic mass is 9.94. The maximum Gasteiger partial charge on any atom is 0.411 e. The third kappa shape index (κ3) is 9.75. The Morgan fingerprint density at radius 1 is 1.11 bits per heavy atom. The Balaban J connectivity index is 0.000000250. The summed E-state index contributed by atoms with van der Waals surface area (Å²) in [7, 11) is 0. The highest BCUT2D eigenvalue weighted by molar-refractivity contribution is 14.1. The molecule has 1 aliphatic rings. The lowest BCUT2D eigenvalue weighted by molar-refractivity contribution is -0.143. The molecule has 0 aromatic heterocycles. The van der Waals surface area contributed by atoms with Crippen LogP contribution in [0.15, 0.2) is 42.5 Å². The number of carbonyl (C=O) groups excluding carboxylic acids is 2. The summed E-state index contributed by atoms with van der Waals surface area (Å²) in [4.78, 5) is 37.3. The first kappa shape index (κ1) is 37.9. The number of aromatic hydroxyl groups is 1. The van der Waals surface area contributed by atoms with Crippen molar-refractivity contribution in [2.24, 2.45) is 0 Å². The highest BCUT2D eigenvalue weighted by atomic mass is 127. The van der Waals surface area contributed by atoms with Crippen molar-refractivity contribution in [3.63, 3.8) is 0 Å². The molecule has 0 saturated carbocycles. The SMILES string of the molecule is CC(C)(C)OC(=O)N1Cc2c(cc(I)c(O)c2I)C[C@H]1C(=O)O.CCOCOC(=O)c1ccccc1Nc1c(Cl)ccc(C)c1Cl. The van der Waals surface area contributed by atoms with E-state index in [4.69, 9.17) is 37.4 Å². The van der Waals surface area contributed by atoms with Crippen molar-refractivity contribution in [1.82, 2.24) is 4.90 Å². The minimum absolute atomic E-state index is 0.0877. The fourth-order valence-electron chi connectivity index (χ4n) is 4.31. The smallest absolute Gasteiger partial charge is 0.411 e. The van der Waals surface area contributed by atoms with Crippen LogP contribution < -0.4 is 5.32 Å². The summed E-state index contributed by atoms with van der Waals surface area (Å²) >= 11 is 16.5. The number of aliphatic carboxylic acids is 1. The first-order chi connectivity index (χ1) is 21.5. The number of ether oxygens (including phenoxy) is 3. The Morgan fingerprint density at radius 2 is 1.78 bits per heavy atom. The van der Waals surface area contributed by atoms with E-state index in [-0.39, 0.29) is 25.5 Å². The molecule has 0 fully saturated rings. The highest BCUT2D eigenvalue weighted by Crippen LogP contribution is 2.37. The summed E-state index contributed by atoms with van der Waals surface area (Å²) in [5.74, 6) is -1.40. The van der Waals surface area contributed by atoms with Crippen LogP contribution in [-0.4, -0.2) is 58.2 Å². The Morgan fingerprint density at radius 3 is 2.41 bits per heavy atom. The third-order valence-electron chi connectivity index (χ3n) is 6.59. The number of benzene rings is 3. The second-order valence-electron chi connectivity index (χ2n) is 11.1. The topological polar surface area (TPSA) is 135 Å². The number of hydrogen-bond donors (Lipinski definition) is 3. The Bertz CT molecular complexity index is 1610. The molecule has 3 N–H and O–H groups in total. The van der Waals surface area contributed by atoms with Crippen LogP contribution >= 0.6 is 68.4 Å². The van der Waals surface area contributed by atoms with E-state index in [9.17, 15) is 24.6 Å². The van der Waals surface area contributed by atoms with Crippen molar-refractivity contribution >= 4 is 97.8 Å². The molecule has 1 amide bonds. The van der Waals surface area contributed by atoms with Crippen LogP contribution in [0.5, 0.6) is 5.75 Å². The zero-order valence-electron chi connectivity index (χ0n) is 25.8. The summed E-state index contributed by atoms with van der Waals surface area (Å²) in [5, 5.41) is 23.7. The van der Waals surface area contributed by atoms with Gasteiger partial charge in [-0.3, -0.25) is 4.90 Å². The van der Waals surface area contributed by atoms with Gasteiger partial charge in [0, 0.05) is 13.0 Å². The molecule has 0 spiro atoms. The summed E-state index contributed by atoms with van der Waals surface area (Å²) in [5.41, 5.74) is 3.27. The van der Waals surface area contributed by atoms with Crippen molar-refractivity contribution in [3.8, 4) is 5.75 Å². The quantitative estimate of drug-likeness (QED) is 0.0924. The normalized spacial score (nSPS) is 14.0. The van der Waals surface area contributed by atoms with Crippen molar-refractivity contribution < 1.29 is 38.8 Å². The van der Waals surface area contributed by atoms with Gasteiger partial charge in [0.15, 0.2) is 6.79 Å². The van der Waals surface area contributed by atoms with Crippen LogP contribution in [-0.2, 0) is 32.0 Å². The van der Waals surface area contributed by atoms with Gasteiger partial charge in [-0.15, -0.1) is 0 Å². The molecule has 46 heavy (non-hydrogen) atoms. The van der Waals surface area contributed by atoms with Crippen molar-refractivity contribution in [2.75, 3.05) is 18.7 Å². The number of nitrogens with zero attached hydrogens (tertiary/aromatic N) is 1. The lowest BCUT2D eigenvalue weighted by Gasteiger charge is -2.36. The fraction of sp³-hybridized carbons (Fsp3) is 0.344. The Labute approximate surface area is 305 Å².